The third-order valence-electron chi connectivity index (χ3n) is 1.96. The molecule has 0 radical (unpaired) electrons. The fourth-order valence-corrected chi connectivity index (χ4v) is 2.68. The van der Waals surface area contributed by atoms with Crippen LogP contribution in [0.25, 0.3) is 0 Å². The van der Waals surface area contributed by atoms with Crippen molar-refractivity contribution < 1.29 is 4.74 Å². The molecule has 90 valence electrons. The third kappa shape index (κ3) is 4.68. The van der Waals surface area contributed by atoms with Crippen molar-refractivity contribution in [2.45, 2.75) is 18.7 Å². The van der Waals surface area contributed by atoms with Gasteiger partial charge in [-0.15, -0.1) is 0 Å². The Morgan fingerprint density at radius 2 is 1.69 bits per heavy atom. The lowest BCUT2D eigenvalue weighted by molar-refractivity contribution is 0.335. The molecule has 3 unspecified atom stereocenters. The van der Waals surface area contributed by atoms with Gasteiger partial charge >= 0.3 is 0 Å². The fraction of sp³-hybridized carbons (Fsp3) is 0.333. The second-order valence-corrected chi connectivity index (χ2v) is 12.1. The molecule has 0 bridgehead atoms. The summed E-state index contributed by atoms with van der Waals surface area (Å²) in [6.07, 6.45) is 0. The Balaban J connectivity index is 3.11. The molecule has 1 rings (SSSR count). The first-order chi connectivity index (χ1) is 7.20. The van der Waals surface area contributed by atoms with Gasteiger partial charge in [-0.3, -0.25) is 1.33 Å². The Hall–Kier alpha value is 1.57. The van der Waals surface area contributed by atoms with E-state index in [2.05, 4.69) is 101 Å². The van der Waals surface area contributed by atoms with E-state index in [0.29, 0.717) is 0 Å². The smallest absolute Gasteiger partial charge is 0.145 e. The number of hydrogen-bond donors (Lipinski definition) is 0. The zero-order valence-corrected chi connectivity index (χ0v) is 16.8. The third-order valence-corrected chi connectivity index (χ3v) is 3.36. The number of halogens is 2. The maximum atomic E-state index is 5.81. The fourth-order valence-electron chi connectivity index (χ4n) is 1.26. The first kappa shape index (κ1) is 15.6. The number of benzene rings is 1. The molecular formula is C9H14I2NOP3. The van der Waals surface area contributed by atoms with Gasteiger partial charge in [-0.1, -0.05) is 27.7 Å². The van der Waals surface area contributed by atoms with Crippen LogP contribution in [0.15, 0.2) is 12.1 Å². The molecule has 2 nitrogen and oxygen atoms in total. The number of aryl methyl sites for hydroxylation is 2. The summed E-state index contributed by atoms with van der Waals surface area (Å²) in [7, 11) is 7.87. The molecule has 0 aliphatic rings. The van der Waals surface area contributed by atoms with Gasteiger partial charge in [0.2, 0.25) is 0 Å². The van der Waals surface area contributed by atoms with E-state index >= 15 is 0 Å². The molecule has 3 atom stereocenters. The van der Waals surface area contributed by atoms with Crippen LogP contribution in [0, 0.1) is 13.8 Å². The molecule has 0 aromatic heterocycles. The number of ether oxygens (including phenoxy) is 1. The Bertz CT molecular complexity index is 393. The Morgan fingerprint density at radius 1 is 1.12 bits per heavy atom. The second-order valence-electron chi connectivity index (χ2n) is 3.59. The molecule has 0 heterocycles. The summed E-state index contributed by atoms with van der Waals surface area (Å²) >= 11 is 4.51. The standard InChI is InChI=1S/C9H14I2NOP3/c1-5-4-8(13-9(14,15)16)6(2)3-7(5)12(10)11/h3-4H,14-16H2,1-2H3. The van der Waals surface area contributed by atoms with Crippen molar-refractivity contribution in [3.05, 3.63) is 23.3 Å². The van der Waals surface area contributed by atoms with Gasteiger partial charge in [-0.2, -0.15) is 0 Å². The van der Waals surface area contributed by atoms with Crippen molar-refractivity contribution in [2.24, 2.45) is 0 Å². The highest BCUT2D eigenvalue weighted by Crippen LogP contribution is 2.40. The van der Waals surface area contributed by atoms with Crippen LogP contribution in [-0.2, 0) is 0 Å². The van der Waals surface area contributed by atoms with Gasteiger partial charge in [0.25, 0.3) is 0 Å². The van der Waals surface area contributed by atoms with Gasteiger partial charge in [0.1, 0.15) is 10.6 Å². The summed E-state index contributed by atoms with van der Waals surface area (Å²) in [4.78, 5) is -0.396. The summed E-state index contributed by atoms with van der Waals surface area (Å²) in [6.45, 7) is 4.14. The van der Waals surface area contributed by atoms with Crippen LogP contribution >= 0.6 is 73.4 Å². The van der Waals surface area contributed by atoms with Gasteiger partial charge < -0.3 is 4.74 Å². The van der Waals surface area contributed by atoms with Crippen LogP contribution in [0.4, 0.5) is 5.69 Å². The topological polar surface area (TPSA) is 12.5 Å². The minimum Gasteiger partial charge on any atom is -0.476 e. The molecule has 0 aliphatic carbocycles. The molecule has 16 heavy (non-hydrogen) atoms. The van der Waals surface area contributed by atoms with Gasteiger partial charge in [0.15, 0.2) is 0 Å². The molecule has 1 aromatic rings. The highest BCUT2D eigenvalue weighted by atomic mass is 127. The molecule has 0 amide bonds. The number of nitrogens with zero attached hydrogens (tertiary/aromatic N) is 1. The average Bonchev–Trinajstić information content (AvgIpc) is 2.07. The molecule has 7 heteroatoms. The van der Waals surface area contributed by atoms with Crippen LogP contribution in [0.2, 0.25) is 0 Å². The lowest BCUT2D eigenvalue weighted by Crippen LogP contribution is -2.11. The van der Waals surface area contributed by atoms with Crippen molar-refractivity contribution in [1.82, 2.24) is 0 Å². The molecule has 0 spiro atoms. The molecular weight excluding hydrogens is 485 g/mol. The minimum atomic E-state index is -0.396. The van der Waals surface area contributed by atoms with Crippen LogP contribution in [0.5, 0.6) is 5.75 Å². The van der Waals surface area contributed by atoms with Gasteiger partial charge in [0.05, 0.1) is 51.4 Å². The van der Waals surface area contributed by atoms with Crippen molar-refractivity contribution in [1.29, 1.82) is 0 Å². The van der Waals surface area contributed by atoms with E-state index in [1.165, 1.54) is 11.3 Å². The van der Waals surface area contributed by atoms with E-state index in [4.69, 9.17) is 4.74 Å². The van der Waals surface area contributed by atoms with E-state index < -0.39 is 4.82 Å². The van der Waals surface area contributed by atoms with Crippen molar-refractivity contribution in [3.8, 4) is 5.75 Å². The van der Waals surface area contributed by atoms with E-state index in [9.17, 15) is 0 Å². The van der Waals surface area contributed by atoms with Crippen LogP contribution < -0.4 is 6.06 Å². The minimum absolute atomic E-state index is 0.396. The summed E-state index contributed by atoms with van der Waals surface area (Å²) < 4.78 is 7.87. The van der Waals surface area contributed by atoms with Crippen molar-refractivity contribution in [2.75, 3.05) is 1.33 Å². The normalized spacial score (nSPS) is 11.4. The monoisotopic (exact) mass is 499 g/mol. The second kappa shape index (κ2) is 6.14. The Kier molecular flexibility index (Phi) is 6.00. The maximum absolute atomic E-state index is 5.81. The highest BCUT2D eigenvalue weighted by molar-refractivity contribution is 14.2. The van der Waals surface area contributed by atoms with E-state index in [0.717, 1.165) is 11.3 Å². The summed E-state index contributed by atoms with van der Waals surface area (Å²) in [5, 5.41) is 0. The van der Waals surface area contributed by atoms with Crippen LogP contribution in [0.1, 0.15) is 11.1 Å². The summed E-state index contributed by atoms with van der Waals surface area (Å²) in [5.74, 6) is 0.913. The summed E-state index contributed by atoms with van der Waals surface area (Å²) in [6, 6.07) is 4.21. The largest absolute Gasteiger partial charge is 0.476 e. The highest BCUT2D eigenvalue weighted by Gasteiger charge is 2.15. The SMILES string of the molecule is Cc1cc(N(I)I)c(C)cc1OC(P)(P)P. The zero-order chi connectivity index (χ0) is 12.5. The predicted octanol–water partition coefficient (Wildman–Crippen LogP) is 4.43. The Morgan fingerprint density at radius 3 is 2.12 bits per heavy atom. The maximum Gasteiger partial charge on any atom is 0.145 e. The average molecular weight is 499 g/mol. The molecule has 0 N–H and O–H groups in total. The number of anilines is 1. The van der Waals surface area contributed by atoms with Gasteiger partial charge in [0, 0.05) is 0 Å². The van der Waals surface area contributed by atoms with E-state index in [-0.39, 0.29) is 0 Å². The van der Waals surface area contributed by atoms with Gasteiger partial charge in [-0.25, -0.2) is 0 Å². The quantitative estimate of drug-likeness (QED) is 0.347. The van der Waals surface area contributed by atoms with Crippen LogP contribution in [-0.4, -0.2) is 4.82 Å². The lowest BCUT2D eigenvalue weighted by Gasteiger charge is -2.23. The first-order valence-corrected chi connectivity index (χ1v) is 8.15. The molecule has 0 aliphatic heterocycles. The van der Waals surface area contributed by atoms with E-state index in [1.54, 1.807) is 0 Å². The lowest BCUT2D eigenvalue weighted by atomic mass is 10.1. The Labute approximate surface area is 132 Å². The van der Waals surface area contributed by atoms with Crippen molar-refractivity contribution >= 4 is 79.1 Å². The molecule has 0 saturated heterocycles. The summed E-state index contributed by atoms with van der Waals surface area (Å²) in [5.41, 5.74) is 3.54. The van der Waals surface area contributed by atoms with Crippen LogP contribution in [0.3, 0.4) is 0 Å². The van der Waals surface area contributed by atoms with Gasteiger partial charge in [-0.05, 0) is 37.1 Å². The van der Waals surface area contributed by atoms with Crippen molar-refractivity contribution in [3.63, 3.8) is 0 Å². The van der Waals surface area contributed by atoms with E-state index in [1.807, 2.05) is 0 Å². The molecule has 0 fully saturated rings. The molecule has 1 aromatic carbocycles. The first-order valence-electron chi connectivity index (χ1n) is 4.49. The predicted molar refractivity (Wildman–Crippen MR) is 98.9 cm³/mol. The molecule has 0 saturated carbocycles. The zero-order valence-electron chi connectivity index (χ0n) is 9.00. The number of hydrogen-bond acceptors (Lipinski definition) is 2. The number of rotatable bonds is 3.